The summed E-state index contributed by atoms with van der Waals surface area (Å²) in [5.74, 6) is -0.311. The first-order valence-corrected chi connectivity index (χ1v) is 10.2. The fourth-order valence-electron chi connectivity index (χ4n) is 2.08. The fraction of sp³-hybridized carbons (Fsp3) is 0.190. The Bertz CT molecular complexity index is 900. The molecule has 0 saturated heterocycles. The van der Waals surface area contributed by atoms with Crippen LogP contribution in [0.2, 0.25) is 0 Å². The molecule has 1 aromatic heterocycles. The van der Waals surface area contributed by atoms with Crippen LogP contribution in [0.4, 0.5) is 0 Å². The molecule has 2 aliphatic rings. The molecule has 5 nitrogen and oxygen atoms in total. The Morgan fingerprint density at radius 3 is 1.58 bits per heavy atom. The van der Waals surface area contributed by atoms with Crippen molar-refractivity contribution in [3.8, 4) is 0 Å². The van der Waals surface area contributed by atoms with Gasteiger partial charge >= 0.3 is 17.1 Å². The van der Waals surface area contributed by atoms with Gasteiger partial charge in [-0.05, 0) is 31.2 Å². The van der Waals surface area contributed by atoms with E-state index in [1.165, 1.54) is 20.0 Å². The molecule has 0 radical (unpaired) electrons. The molecule has 180 valence electrons. The van der Waals surface area contributed by atoms with Crippen LogP contribution in [0, 0.1) is 10.8 Å². The molecule has 0 amide bonds. The van der Waals surface area contributed by atoms with Gasteiger partial charge in [0.15, 0.2) is 11.6 Å². The smallest absolute Gasteiger partial charge is 1.00 e. The van der Waals surface area contributed by atoms with Crippen LogP contribution < -0.4 is 24.8 Å². The third-order valence-corrected chi connectivity index (χ3v) is 5.02. The molecule has 2 atom stereocenters. The second-order valence-corrected chi connectivity index (χ2v) is 7.70. The normalized spacial score (nSPS) is 17.8. The van der Waals surface area contributed by atoms with Crippen LogP contribution >= 0.6 is 46.4 Å². The number of rotatable bonds is 2. The van der Waals surface area contributed by atoms with Crippen molar-refractivity contribution in [3.63, 3.8) is 0 Å². The Morgan fingerprint density at radius 1 is 0.879 bits per heavy atom. The van der Waals surface area contributed by atoms with E-state index in [1.807, 2.05) is 0 Å². The zero-order valence-electron chi connectivity index (χ0n) is 17.2. The summed E-state index contributed by atoms with van der Waals surface area (Å²) in [7, 11) is 0. The number of hydrogen-bond donors (Lipinski definition) is 2. The molecule has 2 unspecified atom stereocenters. The van der Waals surface area contributed by atoms with Crippen LogP contribution in [-0.2, 0) is 17.1 Å². The molecular formula is C21H19Cl6FeN3O2. The number of ketones is 2. The molecule has 0 bridgehead atoms. The van der Waals surface area contributed by atoms with Crippen LogP contribution in [0.15, 0.2) is 64.9 Å². The number of aromatic nitrogens is 1. The first-order valence-electron chi connectivity index (χ1n) is 8.56. The summed E-state index contributed by atoms with van der Waals surface area (Å²) in [5.41, 5.74) is 1.21. The van der Waals surface area contributed by atoms with Gasteiger partial charge in [-0.25, -0.2) is 0 Å². The van der Waals surface area contributed by atoms with E-state index in [0.717, 1.165) is 0 Å². The quantitative estimate of drug-likeness (QED) is 0.282. The van der Waals surface area contributed by atoms with E-state index in [4.69, 9.17) is 57.2 Å². The molecule has 0 aliphatic heterocycles. The summed E-state index contributed by atoms with van der Waals surface area (Å²) in [6.07, 6.45) is 11.7. The van der Waals surface area contributed by atoms with E-state index in [-0.39, 0.29) is 81.3 Å². The van der Waals surface area contributed by atoms with Crippen molar-refractivity contribution in [2.75, 3.05) is 0 Å². The van der Waals surface area contributed by atoms with Gasteiger partial charge in [0.1, 0.15) is 5.69 Å². The largest absolute Gasteiger partial charge is 2.00 e. The number of pyridine rings is 1. The predicted octanol–water partition coefficient (Wildman–Crippen LogP) is 0.104. The van der Waals surface area contributed by atoms with Gasteiger partial charge in [0.2, 0.25) is 0 Å². The predicted molar refractivity (Wildman–Crippen MR) is 125 cm³/mol. The summed E-state index contributed by atoms with van der Waals surface area (Å²) in [5, 5.41) is 14.6. The number of hydrogen-bond acceptors (Lipinski definition) is 5. The van der Waals surface area contributed by atoms with Crippen molar-refractivity contribution < 1.29 is 51.5 Å². The molecule has 0 aromatic carbocycles. The standard InChI is InChI=1S/C9H9NO2.2C6H5Cl2N.2ClH.Fe/c1-6(11)8-4-3-5-10-9(8)7(2)12;2*7-4-2-1-3-5(8)6(4)9;;;/h3-5H,1-2H3;2*1-4,9H;2*1H;/q;;;;;+2/p-2. The number of alkyl halides is 2. The first kappa shape index (κ1) is 36.6. The van der Waals surface area contributed by atoms with E-state index in [0.29, 0.717) is 15.6 Å². The van der Waals surface area contributed by atoms with Crippen molar-refractivity contribution in [1.82, 2.24) is 4.98 Å². The maximum Gasteiger partial charge on any atom is 2.00 e. The van der Waals surface area contributed by atoms with E-state index >= 15 is 0 Å². The molecule has 0 spiro atoms. The molecule has 1 heterocycles. The third-order valence-electron chi connectivity index (χ3n) is 3.63. The van der Waals surface area contributed by atoms with Gasteiger partial charge in [-0.3, -0.25) is 14.6 Å². The molecule has 33 heavy (non-hydrogen) atoms. The van der Waals surface area contributed by atoms with Crippen LogP contribution in [0.5, 0.6) is 0 Å². The molecule has 2 aliphatic carbocycles. The molecular weight excluding hydrogens is 595 g/mol. The molecule has 2 N–H and O–H groups in total. The van der Waals surface area contributed by atoms with Gasteiger partial charge in [0, 0.05) is 18.7 Å². The van der Waals surface area contributed by atoms with Gasteiger partial charge in [0.25, 0.3) is 0 Å². The van der Waals surface area contributed by atoms with Crippen LogP contribution in [0.25, 0.3) is 0 Å². The monoisotopic (exact) mass is 611 g/mol. The van der Waals surface area contributed by atoms with Crippen molar-refractivity contribution in [2.45, 2.75) is 24.6 Å². The van der Waals surface area contributed by atoms with Gasteiger partial charge in [-0.1, -0.05) is 47.5 Å². The Hall–Kier alpha value is -0.951. The molecule has 0 saturated carbocycles. The summed E-state index contributed by atoms with van der Waals surface area (Å²) in [4.78, 5) is 25.8. The van der Waals surface area contributed by atoms with Crippen LogP contribution in [0.3, 0.4) is 0 Å². The van der Waals surface area contributed by atoms with Crippen molar-refractivity contribution in [1.29, 1.82) is 10.8 Å². The van der Waals surface area contributed by atoms with E-state index < -0.39 is 0 Å². The average Bonchev–Trinajstić information content (AvgIpc) is 2.71. The summed E-state index contributed by atoms with van der Waals surface area (Å²) in [6.45, 7) is 2.82. The van der Waals surface area contributed by atoms with Crippen molar-refractivity contribution >= 4 is 69.4 Å². The Labute approximate surface area is 236 Å². The van der Waals surface area contributed by atoms with E-state index in [9.17, 15) is 9.59 Å². The van der Waals surface area contributed by atoms with E-state index in [1.54, 1.807) is 48.6 Å². The minimum atomic E-state index is -0.345. The number of allylic oxidation sites excluding steroid dienone is 8. The Morgan fingerprint density at radius 2 is 1.30 bits per heavy atom. The number of nitrogens with zero attached hydrogens (tertiary/aromatic N) is 1. The van der Waals surface area contributed by atoms with Crippen LogP contribution in [0.1, 0.15) is 34.7 Å². The minimum Gasteiger partial charge on any atom is -1.00 e. The Balaban J connectivity index is -0.000000396. The van der Waals surface area contributed by atoms with Gasteiger partial charge in [-0.2, -0.15) is 0 Å². The van der Waals surface area contributed by atoms with Gasteiger partial charge in [-0.15, -0.1) is 23.2 Å². The maximum absolute atomic E-state index is 11.0. The Kier molecular flexibility index (Phi) is 20.4. The maximum atomic E-state index is 11.0. The topological polar surface area (TPSA) is 94.7 Å². The second kappa shape index (κ2) is 18.4. The molecule has 12 heteroatoms. The molecule has 0 fully saturated rings. The zero-order valence-corrected chi connectivity index (χ0v) is 22.9. The first-order chi connectivity index (χ1) is 14.1. The fourth-order valence-corrected chi connectivity index (χ4v) is 2.98. The van der Waals surface area contributed by atoms with Crippen molar-refractivity contribution in [3.05, 3.63) is 76.1 Å². The van der Waals surface area contributed by atoms with Crippen LogP contribution in [-0.4, -0.2) is 38.7 Å². The molecule has 3 rings (SSSR count). The SMILES string of the molecule is CC(=O)c1cccnc1C(C)=O.N=C1C(Cl)=CC=CC1Cl.N=C1C(Cl)=CC=CC1Cl.[Cl-].[Cl-].[Fe+2]. The zero-order chi connectivity index (χ0) is 22.8. The van der Waals surface area contributed by atoms with Gasteiger partial charge in [0.05, 0.1) is 32.2 Å². The van der Waals surface area contributed by atoms with E-state index in [2.05, 4.69) is 4.98 Å². The van der Waals surface area contributed by atoms with Crippen molar-refractivity contribution in [2.24, 2.45) is 0 Å². The minimum absolute atomic E-state index is 0. The summed E-state index contributed by atoms with van der Waals surface area (Å²) >= 11 is 22.4. The van der Waals surface area contributed by atoms with Gasteiger partial charge < -0.3 is 35.6 Å². The number of carbonyl (C=O) groups excluding carboxylic acids is 2. The average molecular weight is 614 g/mol. The number of nitrogens with one attached hydrogen (secondary N) is 2. The third kappa shape index (κ3) is 12.4. The second-order valence-electron chi connectivity index (χ2n) is 5.94. The number of halogens is 6. The molecule has 1 aromatic rings. The number of carbonyl (C=O) groups is 2. The summed E-state index contributed by atoms with van der Waals surface area (Å²) in [6, 6.07) is 3.25. The number of Topliss-reactive ketones (excluding diaryl/α,β-unsaturated/α-hetero) is 2. The summed E-state index contributed by atoms with van der Waals surface area (Å²) < 4.78 is 0.